The molecule has 1 fully saturated rings. The monoisotopic (exact) mass is 325 g/mol. The highest BCUT2D eigenvalue weighted by Crippen LogP contribution is 2.21. The summed E-state index contributed by atoms with van der Waals surface area (Å²) in [6, 6.07) is 4.19. The molecule has 19 heavy (non-hydrogen) atoms. The Labute approximate surface area is 122 Å². The van der Waals surface area contributed by atoms with Crippen molar-refractivity contribution in [3.63, 3.8) is 0 Å². The third-order valence-electron chi connectivity index (χ3n) is 3.30. The number of aromatic nitrogens is 1. The highest BCUT2D eigenvalue weighted by molar-refractivity contribution is 9.10. The molecule has 1 aliphatic heterocycles. The fraction of sp³-hybridized carbons (Fsp3) is 0.571. The van der Waals surface area contributed by atoms with Crippen LogP contribution in [0.2, 0.25) is 0 Å². The van der Waals surface area contributed by atoms with Crippen LogP contribution in [-0.2, 0) is 4.79 Å². The van der Waals surface area contributed by atoms with Gasteiger partial charge in [0.25, 0.3) is 0 Å². The van der Waals surface area contributed by atoms with Crippen LogP contribution >= 0.6 is 15.9 Å². The van der Waals surface area contributed by atoms with E-state index < -0.39 is 0 Å². The van der Waals surface area contributed by atoms with E-state index in [1.54, 1.807) is 6.20 Å². The second-order valence-corrected chi connectivity index (χ2v) is 5.85. The second kappa shape index (κ2) is 6.89. The van der Waals surface area contributed by atoms with Crippen LogP contribution in [0.25, 0.3) is 0 Å². The van der Waals surface area contributed by atoms with Gasteiger partial charge >= 0.3 is 0 Å². The standard InChI is InChI=1S/C14H20BrN3O/c1-2-4-14(19)17-12-5-3-8-18(10-12)13-9-11(15)6-7-16-13/h6-7,9,12H,2-5,8,10H2,1H3,(H,17,19). The summed E-state index contributed by atoms with van der Waals surface area (Å²) in [5, 5.41) is 3.11. The van der Waals surface area contributed by atoms with E-state index in [0.717, 1.165) is 42.6 Å². The van der Waals surface area contributed by atoms with Crippen molar-refractivity contribution in [2.45, 2.75) is 38.6 Å². The quantitative estimate of drug-likeness (QED) is 0.925. The Kier molecular flexibility index (Phi) is 5.19. The normalized spacial score (nSPS) is 19.3. The van der Waals surface area contributed by atoms with Gasteiger partial charge in [0.1, 0.15) is 5.82 Å². The first-order valence-corrected chi connectivity index (χ1v) is 7.64. The maximum atomic E-state index is 11.7. The molecular formula is C14H20BrN3O. The lowest BCUT2D eigenvalue weighted by molar-refractivity contribution is -0.121. The van der Waals surface area contributed by atoms with E-state index in [-0.39, 0.29) is 11.9 Å². The first kappa shape index (κ1) is 14.3. The fourth-order valence-corrected chi connectivity index (χ4v) is 2.72. The number of hydrogen-bond acceptors (Lipinski definition) is 3. The summed E-state index contributed by atoms with van der Waals surface area (Å²) in [5.41, 5.74) is 0. The summed E-state index contributed by atoms with van der Waals surface area (Å²) >= 11 is 3.47. The number of nitrogens with zero attached hydrogens (tertiary/aromatic N) is 2. The van der Waals surface area contributed by atoms with E-state index in [4.69, 9.17) is 0 Å². The van der Waals surface area contributed by atoms with Crippen LogP contribution in [0, 0.1) is 0 Å². The van der Waals surface area contributed by atoms with Gasteiger partial charge in [0.05, 0.1) is 0 Å². The van der Waals surface area contributed by atoms with Crippen LogP contribution in [-0.4, -0.2) is 30.0 Å². The van der Waals surface area contributed by atoms with Crippen molar-refractivity contribution >= 4 is 27.7 Å². The van der Waals surface area contributed by atoms with Crippen molar-refractivity contribution in [1.82, 2.24) is 10.3 Å². The number of amides is 1. The zero-order chi connectivity index (χ0) is 13.7. The molecule has 4 nitrogen and oxygen atoms in total. The predicted molar refractivity (Wildman–Crippen MR) is 80.2 cm³/mol. The summed E-state index contributed by atoms with van der Waals surface area (Å²) in [6.45, 7) is 3.88. The summed E-state index contributed by atoms with van der Waals surface area (Å²) in [6.07, 6.45) is 5.46. The lowest BCUT2D eigenvalue weighted by Gasteiger charge is -2.34. The lowest BCUT2D eigenvalue weighted by atomic mass is 10.1. The molecule has 1 N–H and O–H groups in total. The molecule has 1 unspecified atom stereocenters. The maximum absolute atomic E-state index is 11.7. The fourth-order valence-electron chi connectivity index (χ4n) is 2.40. The topological polar surface area (TPSA) is 45.2 Å². The number of carbonyl (C=O) groups excluding carboxylic acids is 1. The van der Waals surface area contributed by atoms with Gasteiger partial charge < -0.3 is 10.2 Å². The number of halogens is 1. The van der Waals surface area contributed by atoms with E-state index in [1.807, 2.05) is 19.1 Å². The summed E-state index contributed by atoms with van der Waals surface area (Å²) in [7, 11) is 0. The average Bonchev–Trinajstić information content (AvgIpc) is 2.39. The minimum atomic E-state index is 0.163. The van der Waals surface area contributed by atoms with Gasteiger partial charge in [-0.3, -0.25) is 4.79 Å². The second-order valence-electron chi connectivity index (χ2n) is 4.93. The molecule has 5 heteroatoms. The number of carbonyl (C=O) groups is 1. The molecule has 104 valence electrons. The van der Waals surface area contributed by atoms with Gasteiger partial charge in [-0.25, -0.2) is 4.98 Å². The van der Waals surface area contributed by atoms with Gasteiger partial charge in [-0.05, 0) is 31.4 Å². The van der Waals surface area contributed by atoms with E-state index in [2.05, 4.69) is 31.1 Å². The zero-order valence-corrected chi connectivity index (χ0v) is 12.8. The number of nitrogens with one attached hydrogen (secondary N) is 1. The average molecular weight is 326 g/mol. The van der Waals surface area contributed by atoms with E-state index in [0.29, 0.717) is 6.42 Å². The largest absolute Gasteiger partial charge is 0.355 e. The third kappa shape index (κ3) is 4.20. The molecule has 0 spiro atoms. The number of anilines is 1. The van der Waals surface area contributed by atoms with Gasteiger partial charge in [-0.2, -0.15) is 0 Å². The summed E-state index contributed by atoms with van der Waals surface area (Å²) in [5.74, 6) is 1.14. The van der Waals surface area contributed by atoms with Gasteiger partial charge in [0, 0.05) is 36.2 Å². The van der Waals surface area contributed by atoms with Crippen LogP contribution in [0.15, 0.2) is 22.8 Å². The Morgan fingerprint density at radius 1 is 1.63 bits per heavy atom. The van der Waals surface area contributed by atoms with Crippen molar-refractivity contribution in [2.24, 2.45) is 0 Å². The van der Waals surface area contributed by atoms with Crippen molar-refractivity contribution in [3.8, 4) is 0 Å². The summed E-state index contributed by atoms with van der Waals surface area (Å²) in [4.78, 5) is 18.3. The first-order valence-electron chi connectivity index (χ1n) is 6.85. The maximum Gasteiger partial charge on any atom is 0.220 e. The van der Waals surface area contributed by atoms with Crippen molar-refractivity contribution < 1.29 is 4.79 Å². The molecule has 2 rings (SSSR count). The number of piperidine rings is 1. The number of rotatable bonds is 4. The number of hydrogen-bond donors (Lipinski definition) is 1. The minimum Gasteiger partial charge on any atom is -0.355 e. The van der Waals surface area contributed by atoms with Gasteiger partial charge in [-0.15, -0.1) is 0 Å². The van der Waals surface area contributed by atoms with E-state index in [9.17, 15) is 4.79 Å². The molecule has 0 radical (unpaired) electrons. The van der Waals surface area contributed by atoms with Crippen LogP contribution < -0.4 is 10.2 Å². The molecule has 1 aliphatic rings. The number of pyridine rings is 1. The minimum absolute atomic E-state index is 0.163. The molecule has 0 aliphatic carbocycles. The van der Waals surface area contributed by atoms with Crippen LogP contribution in [0.3, 0.4) is 0 Å². The summed E-state index contributed by atoms with van der Waals surface area (Å²) < 4.78 is 1.04. The van der Waals surface area contributed by atoms with Crippen molar-refractivity contribution in [3.05, 3.63) is 22.8 Å². The van der Waals surface area contributed by atoms with Crippen molar-refractivity contribution in [1.29, 1.82) is 0 Å². The SMILES string of the molecule is CCCC(=O)NC1CCCN(c2cc(Br)ccn2)C1. The molecular weight excluding hydrogens is 306 g/mol. The van der Waals surface area contributed by atoms with Gasteiger partial charge in [0.2, 0.25) is 5.91 Å². The Balaban J connectivity index is 1.95. The Morgan fingerprint density at radius 3 is 3.21 bits per heavy atom. The molecule has 0 aromatic carbocycles. The van der Waals surface area contributed by atoms with E-state index in [1.165, 1.54) is 0 Å². The Morgan fingerprint density at radius 2 is 2.47 bits per heavy atom. The van der Waals surface area contributed by atoms with Gasteiger partial charge in [-0.1, -0.05) is 22.9 Å². The van der Waals surface area contributed by atoms with Gasteiger partial charge in [0.15, 0.2) is 0 Å². The molecule has 1 amide bonds. The Bertz CT molecular complexity index is 438. The van der Waals surface area contributed by atoms with E-state index >= 15 is 0 Å². The smallest absolute Gasteiger partial charge is 0.220 e. The van der Waals surface area contributed by atoms with Crippen LogP contribution in [0.5, 0.6) is 0 Å². The van der Waals surface area contributed by atoms with Crippen molar-refractivity contribution in [2.75, 3.05) is 18.0 Å². The highest BCUT2D eigenvalue weighted by atomic mass is 79.9. The molecule has 2 heterocycles. The molecule has 1 atom stereocenters. The molecule has 1 saturated heterocycles. The predicted octanol–water partition coefficient (Wildman–Crippen LogP) is 2.73. The highest BCUT2D eigenvalue weighted by Gasteiger charge is 2.22. The van der Waals surface area contributed by atoms with Crippen LogP contribution in [0.4, 0.5) is 5.82 Å². The molecule has 0 bridgehead atoms. The van der Waals surface area contributed by atoms with Crippen LogP contribution in [0.1, 0.15) is 32.6 Å². The lowest BCUT2D eigenvalue weighted by Crippen LogP contribution is -2.48. The Hall–Kier alpha value is -1.10. The first-order chi connectivity index (χ1) is 9.19. The molecule has 1 aromatic heterocycles. The molecule has 1 aromatic rings. The molecule has 0 saturated carbocycles. The third-order valence-corrected chi connectivity index (χ3v) is 3.79. The zero-order valence-electron chi connectivity index (χ0n) is 11.2.